The predicted octanol–water partition coefficient (Wildman–Crippen LogP) is 3.45. The Morgan fingerprint density at radius 1 is 1.34 bits per heavy atom. The molecule has 9 heteroatoms. The van der Waals surface area contributed by atoms with Gasteiger partial charge in [0, 0.05) is 36.7 Å². The second-order valence-electron chi connectivity index (χ2n) is 7.39. The van der Waals surface area contributed by atoms with Crippen molar-refractivity contribution in [3.63, 3.8) is 0 Å². The molecule has 0 aliphatic carbocycles. The molecule has 1 unspecified atom stereocenters. The maximum atomic E-state index is 12.9. The Bertz CT molecular complexity index is 1010. The molecule has 1 saturated heterocycles. The fraction of sp³-hybridized carbons (Fsp3) is 0.450. The van der Waals surface area contributed by atoms with Gasteiger partial charge in [-0.15, -0.1) is 0 Å². The van der Waals surface area contributed by atoms with Gasteiger partial charge >= 0.3 is 6.03 Å². The van der Waals surface area contributed by atoms with Crippen LogP contribution >= 0.6 is 0 Å². The molecule has 0 spiro atoms. The number of benzene rings is 1. The molecule has 2 amide bonds. The molecule has 1 aliphatic heterocycles. The van der Waals surface area contributed by atoms with Crippen molar-refractivity contribution in [2.45, 2.75) is 46.0 Å². The van der Waals surface area contributed by atoms with E-state index in [1.807, 2.05) is 43.9 Å². The molecular weight excluding hydrogens is 370 g/mol. The molecule has 0 saturated carbocycles. The number of rotatable bonds is 4. The van der Waals surface area contributed by atoms with Crippen molar-refractivity contribution >= 4 is 11.7 Å². The zero-order valence-electron chi connectivity index (χ0n) is 16.9. The van der Waals surface area contributed by atoms with Crippen LogP contribution in [-0.2, 0) is 6.42 Å². The molecule has 2 N–H and O–H groups in total. The summed E-state index contributed by atoms with van der Waals surface area (Å²) in [7, 11) is 0. The number of anilines is 1. The monoisotopic (exact) mass is 395 g/mol. The third-order valence-electron chi connectivity index (χ3n) is 5.20. The van der Waals surface area contributed by atoms with E-state index in [2.05, 4.69) is 30.6 Å². The van der Waals surface area contributed by atoms with Gasteiger partial charge in [-0.3, -0.25) is 5.10 Å². The molecule has 3 aromatic rings. The van der Waals surface area contributed by atoms with Gasteiger partial charge in [-0.1, -0.05) is 18.1 Å². The first kappa shape index (κ1) is 19.1. The smallest absolute Gasteiger partial charge is 0.321 e. The van der Waals surface area contributed by atoms with Crippen LogP contribution in [0.15, 0.2) is 22.7 Å². The Morgan fingerprint density at radius 2 is 2.21 bits per heavy atom. The highest BCUT2D eigenvalue weighted by molar-refractivity contribution is 5.91. The lowest BCUT2D eigenvalue weighted by molar-refractivity contribution is 0.191. The Balaban J connectivity index is 1.48. The maximum Gasteiger partial charge on any atom is 0.321 e. The predicted molar refractivity (Wildman–Crippen MR) is 108 cm³/mol. The zero-order valence-corrected chi connectivity index (χ0v) is 16.9. The lowest BCUT2D eigenvalue weighted by Crippen LogP contribution is -2.42. The lowest BCUT2D eigenvalue weighted by atomic mass is 9.97. The summed E-state index contributed by atoms with van der Waals surface area (Å²) in [5.74, 6) is 2.84. The van der Waals surface area contributed by atoms with Crippen LogP contribution in [0.2, 0.25) is 0 Å². The standard InChI is InChI=1S/C20H25N7O2/c1-4-17-23-19(29-26-17)14-8-7-12(2)16(10-14)22-20(28)27-9-5-6-15(11-27)18-21-13(3)24-25-18/h7-8,10,15H,4-6,9,11H2,1-3H3,(H,22,28)(H,21,24,25). The molecular formula is C20H25N7O2. The van der Waals surface area contributed by atoms with Crippen LogP contribution in [0.25, 0.3) is 11.5 Å². The Hall–Kier alpha value is -3.23. The minimum Gasteiger partial charge on any atom is -0.334 e. The number of urea groups is 1. The second kappa shape index (κ2) is 8.02. The minimum absolute atomic E-state index is 0.123. The summed E-state index contributed by atoms with van der Waals surface area (Å²) < 4.78 is 5.32. The number of hydrogen-bond donors (Lipinski definition) is 2. The molecule has 1 aliphatic rings. The number of carbonyl (C=O) groups excluding carboxylic acids is 1. The van der Waals surface area contributed by atoms with Crippen LogP contribution in [0.5, 0.6) is 0 Å². The first-order valence-corrected chi connectivity index (χ1v) is 9.92. The van der Waals surface area contributed by atoms with Gasteiger partial charge in [-0.25, -0.2) is 9.78 Å². The van der Waals surface area contributed by atoms with Gasteiger partial charge in [0.05, 0.1) is 0 Å². The molecule has 0 radical (unpaired) electrons. The number of aryl methyl sites for hydroxylation is 3. The zero-order chi connectivity index (χ0) is 20.4. The quantitative estimate of drug-likeness (QED) is 0.700. The molecule has 1 fully saturated rings. The number of nitrogens with zero attached hydrogens (tertiary/aromatic N) is 5. The van der Waals surface area contributed by atoms with Crippen molar-refractivity contribution in [1.82, 2.24) is 30.2 Å². The molecule has 152 valence electrons. The van der Waals surface area contributed by atoms with Crippen LogP contribution in [-0.4, -0.2) is 49.3 Å². The van der Waals surface area contributed by atoms with Gasteiger partial charge in [-0.05, 0) is 44.4 Å². The molecule has 1 atom stereocenters. The third-order valence-corrected chi connectivity index (χ3v) is 5.20. The highest BCUT2D eigenvalue weighted by Crippen LogP contribution is 2.27. The number of aromatic amines is 1. The number of nitrogens with one attached hydrogen (secondary N) is 2. The Kier molecular flexibility index (Phi) is 5.28. The van der Waals surface area contributed by atoms with Crippen molar-refractivity contribution in [2.75, 3.05) is 18.4 Å². The van der Waals surface area contributed by atoms with Crippen molar-refractivity contribution in [1.29, 1.82) is 0 Å². The largest absolute Gasteiger partial charge is 0.334 e. The van der Waals surface area contributed by atoms with E-state index in [0.717, 1.165) is 41.3 Å². The molecule has 1 aromatic carbocycles. The molecule has 4 rings (SSSR count). The summed E-state index contributed by atoms with van der Waals surface area (Å²) in [4.78, 5) is 23.5. The van der Waals surface area contributed by atoms with E-state index >= 15 is 0 Å². The van der Waals surface area contributed by atoms with Gasteiger partial charge in [0.1, 0.15) is 5.82 Å². The summed E-state index contributed by atoms with van der Waals surface area (Å²) in [5, 5.41) is 14.1. The second-order valence-corrected chi connectivity index (χ2v) is 7.39. The summed E-state index contributed by atoms with van der Waals surface area (Å²) in [6.45, 7) is 7.13. The molecule has 0 bridgehead atoms. The van der Waals surface area contributed by atoms with E-state index < -0.39 is 0 Å². The molecule has 3 heterocycles. The van der Waals surface area contributed by atoms with E-state index in [4.69, 9.17) is 4.52 Å². The number of likely N-dealkylation sites (tertiary alicyclic amines) is 1. The van der Waals surface area contributed by atoms with E-state index in [-0.39, 0.29) is 11.9 Å². The van der Waals surface area contributed by atoms with Gasteiger partial charge in [0.15, 0.2) is 11.6 Å². The average Bonchev–Trinajstić information content (AvgIpc) is 3.39. The van der Waals surface area contributed by atoms with Crippen molar-refractivity contribution in [3.8, 4) is 11.5 Å². The molecule has 2 aromatic heterocycles. The first-order valence-electron chi connectivity index (χ1n) is 9.92. The van der Waals surface area contributed by atoms with Gasteiger partial charge in [0.25, 0.3) is 5.89 Å². The topological polar surface area (TPSA) is 113 Å². The summed E-state index contributed by atoms with van der Waals surface area (Å²) >= 11 is 0. The SMILES string of the molecule is CCc1noc(-c2ccc(C)c(NC(=O)N3CCCC(c4n[nH]c(C)n4)C3)c2)n1. The number of H-pyrrole nitrogens is 1. The number of hydrogen-bond acceptors (Lipinski definition) is 6. The molecule has 9 nitrogen and oxygen atoms in total. The number of aromatic nitrogens is 5. The highest BCUT2D eigenvalue weighted by Gasteiger charge is 2.27. The van der Waals surface area contributed by atoms with E-state index in [0.29, 0.717) is 31.2 Å². The summed E-state index contributed by atoms with van der Waals surface area (Å²) in [6.07, 6.45) is 2.61. The van der Waals surface area contributed by atoms with Crippen molar-refractivity contribution < 1.29 is 9.32 Å². The normalized spacial score (nSPS) is 16.8. The first-order chi connectivity index (χ1) is 14.0. The average molecular weight is 395 g/mol. The summed E-state index contributed by atoms with van der Waals surface area (Å²) in [5.41, 5.74) is 2.49. The van der Waals surface area contributed by atoms with Crippen molar-refractivity contribution in [2.24, 2.45) is 0 Å². The number of piperidine rings is 1. The van der Waals surface area contributed by atoms with Crippen LogP contribution in [0.4, 0.5) is 10.5 Å². The lowest BCUT2D eigenvalue weighted by Gasteiger charge is -2.31. The highest BCUT2D eigenvalue weighted by atomic mass is 16.5. The van der Waals surface area contributed by atoms with Crippen LogP contribution in [0.1, 0.15) is 48.7 Å². The minimum atomic E-state index is -0.123. The van der Waals surface area contributed by atoms with Gasteiger partial charge in [0.2, 0.25) is 0 Å². The third kappa shape index (κ3) is 4.13. The van der Waals surface area contributed by atoms with E-state index in [9.17, 15) is 4.79 Å². The van der Waals surface area contributed by atoms with Crippen LogP contribution in [0.3, 0.4) is 0 Å². The molecule has 29 heavy (non-hydrogen) atoms. The summed E-state index contributed by atoms with van der Waals surface area (Å²) in [6, 6.07) is 5.61. The maximum absolute atomic E-state index is 12.9. The number of amides is 2. The fourth-order valence-corrected chi connectivity index (χ4v) is 3.51. The van der Waals surface area contributed by atoms with E-state index in [1.54, 1.807) is 0 Å². The number of carbonyl (C=O) groups is 1. The van der Waals surface area contributed by atoms with Crippen LogP contribution < -0.4 is 5.32 Å². The van der Waals surface area contributed by atoms with E-state index in [1.165, 1.54) is 0 Å². The van der Waals surface area contributed by atoms with Crippen LogP contribution in [0, 0.1) is 13.8 Å². The Morgan fingerprint density at radius 3 is 2.93 bits per heavy atom. The van der Waals surface area contributed by atoms with Gasteiger partial charge in [-0.2, -0.15) is 10.1 Å². The van der Waals surface area contributed by atoms with Crippen molar-refractivity contribution in [3.05, 3.63) is 41.2 Å². The fourth-order valence-electron chi connectivity index (χ4n) is 3.51. The Labute approximate surface area is 168 Å². The van der Waals surface area contributed by atoms with Gasteiger partial charge < -0.3 is 14.7 Å².